The van der Waals surface area contributed by atoms with Crippen molar-refractivity contribution in [1.29, 1.82) is 5.26 Å². The number of nitriles is 1. The minimum absolute atomic E-state index is 0.104. The summed E-state index contributed by atoms with van der Waals surface area (Å²) < 4.78 is 0. The summed E-state index contributed by atoms with van der Waals surface area (Å²) in [6, 6.07) is 3.48. The van der Waals surface area contributed by atoms with Gasteiger partial charge in [0.15, 0.2) is 0 Å². The van der Waals surface area contributed by atoms with E-state index in [0.717, 1.165) is 19.5 Å². The second-order valence-corrected chi connectivity index (χ2v) is 3.98. The van der Waals surface area contributed by atoms with Crippen molar-refractivity contribution in [3.63, 3.8) is 0 Å². The molecular weight excluding hydrogens is 162 g/mol. The van der Waals surface area contributed by atoms with Crippen LogP contribution < -0.4 is 5.32 Å². The van der Waals surface area contributed by atoms with Crippen LogP contribution in [0.1, 0.15) is 27.2 Å². The first-order valence-corrected chi connectivity index (χ1v) is 5.07. The summed E-state index contributed by atoms with van der Waals surface area (Å²) in [6.45, 7) is 8.41. The summed E-state index contributed by atoms with van der Waals surface area (Å²) in [5, 5.41) is 12.4. The van der Waals surface area contributed by atoms with Gasteiger partial charge < -0.3 is 5.32 Å². The molecule has 1 N–H and O–H groups in total. The Morgan fingerprint density at radius 3 is 2.38 bits per heavy atom. The Hall–Kier alpha value is -0.590. The molecule has 1 fully saturated rings. The predicted molar refractivity (Wildman–Crippen MR) is 53.3 cm³/mol. The molecule has 3 atom stereocenters. The molecule has 0 radical (unpaired) electrons. The van der Waals surface area contributed by atoms with E-state index in [0.29, 0.717) is 12.1 Å². The molecule has 0 saturated carbocycles. The fourth-order valence-electron chi connectivity index (χ4n) is 2.05. The smallest absolute Gasteiger partial charge is 0.0976 e. The van der Waals surface area contributed by atoms with Crippen molar-refractivity contribution in [3.8, 4) is 6.07 Å². The van der Waals surface area contributed by atoms with E-state index in [2.05, 4.69) is 37.1 Å². The van der Waals surface area contributed by atoms with Crippen LogP contribution >= 0.6 is 0 Å². The minimum Gasteiger partial charge on any atom is -0.309 e. The third kappa shape index (κ3) is 2.68. The first-order chi connectivity index (χ1) is 6.17. The lowest BCUT2D eigenvalue weighted by Crippen LogP contribution is -2.56. The molecule has 1 saturated heterocycles. The number of nitrogens with zero attached hydrogens (tertiary/aromatic N) is 2. The zero-order valence-electron chi connectivity index (χ0n) is 8.75. The lowest BCUT2D eigenvalue weighted by Gasteiger charge is -2.38. The standard InChI is InChI=1S/C10H19N3/c1-4-10(5-11)13-6-8(2)12-9(3)7-13/h8-10,12H,4,6-7H2,1-3H3. The molecule has 0 aromatic rings. The molecule has 1 rings (SSSR count). The third-order valence-electron chi connectivity index (χ3n) is 2.56. The van der Waals surface area contributed by atoms with Gasteiger partial charge in [0, 0.05) is 25.2 Å². The first kappa shape index (κ1) is 10.5. The molecule has 0 aliphatic carbocycles. The summed E-state index contributed by atoms with van der Waals surface area (Å²) in [7, 11) is 0. The monoisotopic (exact) mass is 181 g/mol. The first-order valence-electron chi connectivity index (χ1n) is 5.07. The van der Waals surface area contributed by atoms with Crippen LogP contribution in [0.3, 0.4) is 0 Å². The molecule has 0 aromatic heterocycles. The van der Waals surface area contributed by atoms with Gasteiger partial charge in [0.25, 0.3) is 0 Å². The van der Waals surface area contributed by atoms with Gasteiger partial charge in [-0.3, -0.25) is 4.90 Å². The SMILES string of the molecule is CCC(C#N)N1CC(C)NC(C)C1. The molecule has 1 heterocycles. The molecule has 0 spiro atoms. The van der Waals surface area contributed by atoms with Crippen LogP contribution in [0, 0.1) is 11.3 Å². The highest BCUT2D eigenvalue weighted by molar-refractivity contribution is 4.95. The van der Waals surface area contributed by atoms with Gasteiger partial charge in [-0.15, -0.1) is 0 Å². The van der Waals surface area contributed by atoms with Gasteiger partial charge in [-0.1, -0.05) is 6.92 Å². The van der Waals surface area contributed by atoms with E-state index >= 15 is 0 Å². The van der Waals surface area contributed by atoms with Crippen molar-refractivity contribution in [2.75, 3.05) is 13.1 Å². The Labute approximate surface area is 80.7 Å². The summed E-state index contributed by atoms with van der Waals surface area (Å²) in [6.07, 6.45) is 0.927. The molecule has 0 amide bonds. The van der Waals surface area contributed by atoms with Crippen LogP contribution in [0.4, 0.5) is 0 Å². The van der Waals surface area contributed by atoms with E-state index in [1.54, 1.807) is 0 Å². The third-order valence-corrected chi connectivity index (χ3v) is 2.56. The number of piperazine rings is 1. The zero-order valence-corrected chi connectivity index (χ0v) is 8.75. The van der Waals surface area contributed by atoms with Crippen molar-refractivity contribution in [2.24, 2.45) is 0 Å². The number of nitrogens with one attached hydrogen (secondary N) is 1. The van der Waals surface area contributed by atoms with Crippen LogP contribution in [-0.2, 0) is 0 Å². The van der Waals surface area contributed by atoms with Crippen molar-refractivity contribution >= 4 is 0 Å². The Balaban J connectivity index is 2.54. The quantitative estimate of drug-likeness (QED) is 0.690. The molecule has 0 aromatic carbocycles. The number of hydrogen-bond donors (Lipinski definition) is 1. The maximum Gasteiger partial charge on any atom is 0.0976 e. The van der Waals surface area contributed by atoms with Gasteiger partial charge >= 0.3 is 0 Å². The molecule has 74 valence electrons. The second kappa shape index (κ2) is 4.59. The minimum atomic E-state index is 0.104. The highest BCUT2D eigenvalue weighted by Crippen LogP contribution is 2.10. The fraction of sp³-hybridized carbons (Fsp3) is 0.900. The van der Waals surface area contributed by atoms with Gasteiger partial charge in [-0.2, -0.15) is 5.26 Å². The second-order valence-electron chi connectivity index (χ2n) is 3.98. The van der Waals surface area contributed by atoms with Gasteiger partial charge in [-0.25, -0.2) is 0 Å². The van der Waals surface area contributed by atoms with E-state index in [1.165, 1.54) is 0 Å². The van der Waals surface area contributed by atoms with Crippen LogP contribution in [0.5, 0.6) is 0 Å². The summed E-state index contributed by atoms with van der Waals surface area (Å²) in [4.78, 5) is 2.28. The molecule has 3 unspecified atom stereocenters. The average molecular weight is 181 g/mol. The summed E-state index contributed by atoms with van der Waals surface area (Å²) in [5.74, 6) is 0. The Kier molecular flexibility index (Phi) is 3.71. The van der Waals surface area contributed by atoms with Crippen molar-refractivity contribution < 1.29 is 0 Å². The molecule has 0 bridgehead atoms. The van der Waals surface area contributed by atoms with Gasteiger partial charge in [0.1, 0.15) is 0 Å². The Morgan fingerprint density at radius 2 is 2.00 bits per heavy atom. The molecule has 3 nitrogen and oxygen atoms in total. The van der Waals surface area contributed by atoms with E-state index in [9.17, 15) is 0 Å². The predicted octanol–water partition coefficient (Wildman–Crippen LogP) is 0.971. The molecular formula is C10H19N3. The molecule has 13 heavy (non-hydrogen) atoms. The average Bonchev–Trinajstić information content (AvgIpc) is 2.04. The number of rotatable bonds is 2. The van der Waals surface area contributed by atoms with E-state index in [1.807, 2.05) is 0 Å². The Bertz CT molecular complexity index is 187. The van der Waals surface area contributed by atoms with Gasteiger partial charge in [-0.05, 0) is 20.3 Å². The topological polar surface area (TPSA) is 39.1 Å². The van der Waals surface area contributed by atoms with Crippen LogP contribution in [0.15, 0.2) is 0 Å². The van der Waals surface area contributed by atoms with Gasteiger partial charge in [0.2, 0.25) is 0 Å². The van der Waals surface area contributed by atoms with Crippen LogP contribution in [0.25, 0.3) is 0 Å². The normalized spacial score (nSPS) is 32.5. The summed E-state index contributed by atoms with van der Waals surface area (Å²) in [5.41, 5.74) is 0. The van der Waals surface area contributed by atoms with Crippen molar-refractivity contribution in [1.82, 2.24) is 10.2 Å². The molecule has 1 aliphatic rings. The maximum absolute atomic E-state index is 8.94. The van der Waals surface area contributed by atoms with Gasteiger partial charge in [0.05, 0.1) is 12.1 Å². The number of hydrogen-bond acceptors (Lipinski definition) is 3. The van der Waals surface area contributed by atoms with Crippen molar-refractivity contribution in [3.05, 3.63) is 0 Å². The lowest BCUT2D eigenvalue weighted by molar-refractivity contribution is 0.145. The van der Waals surface area contributed by atoms with E-state index in [-0.39, 0.29) is 6.04 Å². The molecule has 3 heteroatoms. The fourth-order valence-corrected chi connectivity index (χ4v) is 2.05. The summed E-state index contributed by atoms with van der Waals surface area (Å²) >= 11 is 0. The zero-order chi connectivity index (χ0) is 9.84. The van der Waals surface area contributed by atoms with E-state index in [4.69, 9.17) is 5.26 Å². The maximum atomic E-state index is 8.94. The lowest BCUT2D eigenvalue weighted by atomic mass is 10.1. The van der Waals surface area contributed by atoms with Crippen molar-refractivity contribution in [2.45, 2.75) is 45.3 Å². The highest BCUT2D eigenvalue weighted by atomic mass is 15.2. The molecule has 1 aliphatic heterocycles. The van der Waals surface area contributed by atoms with Crippen LogP contribution in [0.2, 0.25) is 0 Å². The largest absolute Gasteiger partial charge is 0.309 e. The Morgan fingerprint density at radius 1 is 1.46 bits per heavy atom. The van der Waals surface area contributed by atoms with E-state index < -0.39 is 0 Å². The highest BCUT2D eigenvalue weighted by Gasteiger charge is 2.25. The van der Waals surface area contributed by atoms with Crippen LogP contribution in [-0.4, -0.2) is 36.1 Å².